The second-order valence-electron chi connectivity index (χ2n) is 4.02. The van der Waals surface area contributed by atoms with E-state index in [1.165, 1.54) is 0 Å². The summed E-state index contributed by atoms with van der Waals surface area (Å²) in [5.41, 5.74) is 2.53. The van der Waals surface area contributed by atoms with Crippen molar-refractivity contribution in [3.63, 3.8) is 0 Å². The number of aromatic nitrogens is 2. The highest BCUT2D eigenvalue weighted by Crippen LogP contribution is 2.18. The molecule has 0 fully saturated rings. The topological polar surface area (TPSA) is 49.0 Å². The number of nitrogens with one attached hydrogen (secondary N) is 1. The highest BCUT2D eigenvalue weighted by Gasteiger charge is 2.09. The van der Waals surface area contributed by atoms with Crippen LogP contribution in [0.3, 0.4) is 0 Å². The Morgan fingerprint density at radius 2 is 2.06 bits per heavy atom. The molecule has 1 N–H and O–H groups in total. The molecule has 0 saturated carbocycles. The third kappa shape index (κ3) is 2.16. The van der Waals surface area contributed by atoms with Crippen molar-refractivity contribution in [2.45, 2.75) is 20.8 Å². The number of carbonyl (C=O) groups is 1. The molecule has 4 nitrogen and oxygen atoms in total. The van der Waals surface area contributed by atoms with E-state index in [1.54, 1.807) is 6.92 Å². The van der Waals surface area contributed by atoms with Crippen molar-refractivity contribution in [1.82, 2.24) is 9.97 Å². The molecule has 0 saturated heterocycles. The third-order valence-electron chi connectivity index (χ3n) is 2.94. The predicted molar refractivity (Wildman–Crippen MR) is 69.7 cm³/mol. The molecule has 0 bridgehead atoms. The van der Waals surface area contributed by atoms with Crippen LogP contribution in [0.4, 0.5) is 5.95 Å². The van der Waals surface area contributed by atoms with Gasteiger partial charge in [0.15, 0.2) is 5.78 Å². The van der Waals surface area contributed by atoms with Gasteiger partial charge in [0, 0.05) is 18.7 Å². The summed E-state index contributed by atoms with van der Waals surface area (Å²) in [6.45, 7) is 7.59. The van der Waals surface area contributed by atoms with Crippen molar-refractivity contribution in [3.05, 3.63) is 23.8 Å². The maximum Gasteiger partial charge on any atom is 0.203 e. The van der Waals surface area contributed by atoms with Gasteiger partial charge in [-0.3, -0.25) is 4.79 Å². The molecule has 0 spiro atoms. The first-order valence-electron chi connectivity index (χ1n) is 5.91. The zero-order valence-electron chi connectivity index (χ0n) is 10.4. The quantitative estimate of drug-likeness (QED) is 0.823. The van der Waals surface area contributed by atoms with Crippen molar-refractivity contribution >= 4 is 22.8 Å². The number of carbonyl (C=O) groups excluding carboxylic acids is 1. The van der Waals surface area contributed by atoms with E-state index in [2.05, 4.69) is 28.7 Å². The Bertz CT molecular complexity index is 541. The summed E-state index contributed by atoms with van der Waals surface area (Å²) in [5.74, 6) is 0.941. The van der Waals surface area contributed by atoms with Crippen molar-refractivity contribution < 1.29 is 4.79 Å². The zero-order valence-corrected chi connectivity index (χ0v) is 10.4. The van der Waals surface area contributed by atoms with Gasteiger partial charge in [-0.15, -0.1) is 0 Å². The average Bonchev–Trinajstić information content (AvgIpc) is 2.72. The molecule has 0 atom stereocenters. The molecule has 0 aliphatic rings. The molecule has 90 valence electrons. The van der Waals surface area contributed by atoms with E-state index in [0.717, 1.165) is 30.1 Å². The summed E-state index contributed by atoms with van der Waals surface area (Å²) < 4.78 is 0. The minimum Gasteiger partial charge on any atom is -0.343 e. The predicted octanol–water partition coefficient (Wildman–Crippen LogP) is 2.61. The van der Waals surface area contributed by atoms with Gasteiger partial charge < -0.3 is 9.88 Å². The molecule has 4 heteroatoms. The third-order valence-corrected chi connectivity index (χ3v) is 2.94. The second-order valence-corrected chi connectivity index (χ2v) is 4.02. The van der Waals surface area contributed by atoms with Crippen molar-refractivity contribution in [1.29, 1.82) is 0 Å². The van der Waals surface area contributed by atoms with Gasteiger partial charge >= 0.3 is 0 Å². The number of benzene rings is 1. The smallest absolute Gasteiger partial charge is 0.203 e. The van der Waals surface area contributed by atoms with E-state index in [1.807, 2.05) is 18.2 Å². The average molecular weight is 231 g/mol. The van der Waals surface area contributed by atoms with Crippen LogP contribution in [0.15, 0.2) is 18.2 Å². The standard InChI is InChI=1S/C13H17N3O/c1-4-16(5-2)13-14-11-7-6-10(9(3)17)8-12(11)15-13/h6-8H,4-5H2,1-3H3,(H,14,15). The number of rotatable bonds is 4. The zero-order chi connectivity index (χ0) is 12.4. The number of ketones is 1. The van der Waals surface area contributed by atoms with E-state index >= 15 is 0 Å². The largest absolute Gasteiger partial charge is 0.343 e. The van der Waals surface area contributed by atoms with Crippen LogP contribution in [0.5, 0.6) is 0 Å². The molecule has 1 heterocycles. The Labute approximate surface area is 101 Å². The van der Waals surface area contributed by atoms with Gasteiger partial charge in [0.2, 0.25) is 5.95 Å². The monoisotopic (exact) mass is 231 g/mol. The summed E-state index contributed by atoms with van der Waals surface area (Å²) in [7, 11) is 0. The molecule has 0 radical (unpaired) electrons. The van der Waals surface area contributed by atoms with Gasteiger partial charge in [0.05, 0.1) is 11.0 Å². The van der Waals surface area contributed by atoms with Gasteiger partial charge in [0.25, 0.3) is 0 Å². The van der Waals surface area contributed by atoms with E-state index < -0.39 is 0 Å². The van der Waals surface area contributed by atoms with E-state index in [0.29, 0.717) is 5.56 Å². The molecule has 2 rings (SSSR count). The maximum atomic E-state index is 11.3. The first-order chi connectivity index (χ1) is 8.15. The Kier molecular flexibility index (Phi) is 3.13. The van der Waals surface area contributed by atoms with Crippen LogP contribution >= 0.6 is 0 Å². The Morgan fingerprint density at radius 3 is 2.65 bits per heavy atom. The van der Waals surface area contributed by atoms with Gasteiger partial charge in [-0.2, -0.15) is 0 Å². The number of Topliss-reactive ketones (excluding diaryl/α,β-unsaturated/α-hetero) is 1. The summed E-state index contributed by atoms with van der Waals surface area (Å²) in [5, 5.41) is 0. The van der Waals surface area contributed by atoms with Gasteiger partial charge in [-0.05, 0) is 39.0 Å². The first-order valence-corrected chi connectivity index (χ1v) is 5.91. The lowest BCUT2D eigenvalue weighted by molar-refractivity contribution is 0.101. The summed E-state index contributed by atoms with van der Waals surface area (Å²) in [6.07, 6.45) is 0. The van der Waals surface area contributed by atoms with Crippen molar-refractivity contribution in [2.75, 3.05) is 18.0 Å². The fourth-order valence-corrected chi connectivity index (χ4v) is 1.89. The maximum absolute atomic E-state index is 11.3. The van der Waals surface area contributed by atoms with Crippen LogP contribution in [0.1, 0.15) is 31.1 Å². The minimum absolute atomic E-state index is 0.0749. The Hall–Kier alpha value is -1.84. The number of aromatic amines is 1. The molecule has 2 aromatic rings. The molecule has 0 aliphatic carbocycles. The van der Waals surface area contributed by atoms with E-state index in [4.69, 9.17) is 0 Å². The highest BCUT2D eigenvalue weighted by atomic mass is 16.1. The molecular formula is C13H17N3O. The number of H-pyrrole nitrogens is 1. The number of fused-ring (bicyclic) bond motifs is 1. The van der Waals surface area contributed by atoms with Crippen LogP contribution in [-0.2, 0) is 0 Å². The number of anilines is 1. The highest BCUT2D eigenvalue weighted by molar-refractivity contribution is 5.97. The second kappa shape index (κ2) is 4.57. The molecule has 0 aliphatic heterocycles. The lowest BCUT2D eigenvalue weighted by Gasteiger charge is -2.16. The van der Waals surface area contributed by atoms with Crippen LogP contribution in [0.2, 0.25) is 0 Å². The van der Waals surface area contributed by atoms with Crippen LogP contribution in [-0.4, -0.2) is 28.8 Å². The van der Waals surface area contributed by atoms with E-state index in [-0.39, 0.29) is 5.78 Å². The molecule has 1 aromatic heterocycles. The minimum atomic E-state index is 0.0749. The number of hydrogen-bond donors (Lipinski definition) is 1. The molecule has 0 unspecified atom stereocenters. The normalized spacial score (nSPS) is 10.8. The van der Waals surface area contributed by atoms with Crippen LogP contribution in [0.25, 0.3) is 11.0 Å². The molecule has 0 amide bonds. The van der Waals surface area contributed by atoms with Gasteiger partial charge in [-0.25, -0.2) is 4.98 Å². The van der Waals surface area contributed by atoms with Crippen LogP contribution < -0.4 is 4.90 Å². The van der Waals surface area contributed by atoms with Crippen LogP contribution in [0, 0.1) is 0 Å². The fourth-order valence-electron chi connectivity index (χ4n) is 1.89. The number of hydrogen-bond acceptors (Lipinski definition) is 3. The molecule has 17 heavy (non-hydrogen) atoms. The lowest BCUT2D eigenvalue weighted by Crippen LogP contribution is -2.22. The first kappa shape index (κ1) is 11.6. The lowest BCUT2D eigenvalue weighted by atomic mass is 10.1. The van der Waals surface area contributed by atoms with Crippen molar-refractivity contribution in [2.24, 2.45) is 0 Å². The van der Waals surface area contributed by atoms with Gasteiger partial charge in [-0.1, -0.05) is 0 Å². The number of nitrogens with zero attached hydrogens (tertiary/aromatic N) is 2. The Morgan fingerprint density at radius 1 is 1.35 bits per heavy atom. The number of imidazole rings is 1. The molecular weight excluding hydrogens is 214 g/mol. The molecule has 1 aromatic carbocycles. The van der Waals surface area contributed by atoms with Crippen molar-refractivity contribution in [3.8, 4) is 0 Å². The summed E-state index contributed by atoms with van der Waals surface area (Å²) >= 11 is 0. The summed E-state index contributed by atoms with van der Waals surface area (Å²) in [6, 6.07) is 5.56. The SMILES string of the molecule is CCN(CC)c1nc2ccc(C(C)=O)cc2[nH]1. The van der Waals surface area contributed by atoms with E-state index in [9.17, 15) is 4.79 Å². The summed E-state index contributed by atoms with van der Waals surface area (Å²) in [4.78, 5) is 21.2. The fraction of sp³-hybridized carbons (Fsp3) is 0.385. The van der Waals surface area contributed by atoms with Gasteiger partial charge in [0.1, 0.15) is 0 Å². The Balaban J connectivity index is 2.46.